The van der Waals surface area contributed by atoms with Crippen LogP contribution in [0.4, 0.5) is 11.4 Å². The third-order valence-corrected chi connectivity index (χ3v) is 6.24. The molecule has 0 aliphatic heterocycles. The smallest absolute Gasteiger partial charge is 0.278 e. The maximum absolute atomic E-state index is 12.8. The summed E-state index contributed by atoms with van der Waals surface area (Å²) in [7, 11) is 0. The van der Waals surface area contributed by atoms with Gasteiger partial charge in [-0.25, -0.2) is 0 Å². The van der Waals surface area contributed by atoms with E-state index in [-0.39, 0.29) is 22.7 Å². The molecule has 1 unspecified atom stereocenters. The number of rotatable bonds is 9. The zero-order valence-electron chi connectivity index (χ0n) is 18.8. The average Bonchev–Trinajstić information content (AvgIpc) is 2.83. The Labute approximate surface area is 196 Å². The van der Waals surface area contributed by atoms with Crippen LogP contribution < -0.4 is 16.2 Å². The van der Waals surface area contributed by atoms with E-state index in [0.29, 0.717) is 24.1 Å². The number of carbonyl (C=O) groups is 2. The van der Waals surface area contributed by atoms with Crippen LogP contribution in [0.1, 0.15) is 39.2 Å². The first-order valence-electron chi connectivity index (χ1n) is 10.9. The number of aromatic nitrogens is 3. The number of carbonyl (C=O) groups excluding carboxylic acids is 2. The van der Waals surface area contributed by atoms with Gasteiger partial charge in [-0.3, -0.25) is 19.4 Å². The lowest BCUT2D eigenvalue weighted by molar-refractivity contribution is -0.116. The Morgan fingerprint density at radius 1 is 1.00 bits per heavy atom. The van der Waals surface area contributed by atoms with Crippen LogP contribution in [0.25, 0.3) is 11.3 Å². The Morgan fingerprint density at radius 3 is 2.36 bits per heavy atom. The van der Waals surface area contributed by atoms with Gasteiger partial charge in [0, 0.05) is 17.7 Å². The van der Waals surface area contributed by atoms with Gasteiger partial charge in [-0.05, 0) is 36.6 Å². The van der Waals surface area contributed by atoms with Gasteiger partial charge in [0.15, 0.2) is 10.9 Å². The number of hydrogen-bond acceptors (Lipinski definition) is 6. The maximum atomic E-state index is 12.8. The first-order valence-corrected chi connectivity index (χ1v) is 11.8. The molecule has 2 amide bonds. The molecule has 3 aromatic rings. The van der Waals surface area contributed by atoms with Gasteiger partial charge in [0.05, 0.1) is 10.9 Å². The van der Waals surface area contributed by atoms with Gasteiger partial charge in [0.25, 0.3) is 5.56 Å². The Balaban J connectivity index is 1.76. The number of benzene rings is 2. The summed E-state index contributed by atoms with van der Waals surface area (Å²) < 4.78 is 0. The molecule has 3 N–H and O–H groups in total. The predicted molar refractivity (Wildman–Crippen MR) is 131 cm³/mol. The fraction of sp³-hybridized carbons (Fsp3) is 0.292. The van der Waals surface area contributed by atoms with Crippen molar-refractivity contribution < 1.29 is 9.59 Å². The topological polar surface area (TPSA) is 117 Å². The molecule has 1 aromatic heterocycles. The highest BCUT2D eigenvalue weighted by Gasteiger charge is 2.21. The monoisotopic (exact) mass is 465 g/mol. The summed E-state index contributed by atoms with van der Waals surface area (Å²) in [6, 6.07) is 14.6. The first-order chi connectivity index (χ1) is 15.9. The summed E-state index contributed by atoms with van der Waals surface area (Å²) in [6.45, 7) is 5.71. The second kappa shape index (κ2) is 11.4. The van der Waals surface area contributed by atoms with Crippen LogP contribution in [0.3, 0.4) is 0 Å². The zero-order valence-corrected chi connectivity index (χ0v) is 19.7. The van der Waals surface area contributed by atoms with Crippen molar-refractivity contribution in [2.75, 3.05) is 10.6 Å². The molecule has 9 heteroatoms. The lowest BCUT2D eigenvalue weighted by Crippen LogP contribution is -2.25. The van der Waals surface area contributed by atoms with Crippen molar-refractivity contribution in [1.29, 1.82) is 0 Å². The summed E-state index contributed by atoms with van der Waals surface area (Å²) in [5.41, 5.74) is 2.53. The average molecular weight is 466 g/mol. The molecule has 0 aliphatic rings. The van der Waals surface area contributed by atoms with Crippen LogP contribution in [0, 0.1) is 0 Å². The van der Waals surface area contributed by atoms with E-state index in [1.165, 1.54) is 5.56 Å². The highest BCUT2D eigenvalue weighted by molar-refractivity contribution is 8.00. The zero-order chi connectivity index (χ0) is 23.8. The second-order valence-electron chi connectivity index (χ2n) is 7.31. The summed E-state index contributed by atoms with van der Waals surface area (Å²) in [6.07, 6.45) is 1.79. The van der Waals surface area contributed by atoms with Gasteiger partial charge in [0.1, 0.15) is 0 Å². The van der Waals surface area contributed by atoms with Crippen LogP contribution >= 0.6 is 11.8 Å². The maximum Gasteiger partial charge on any atom is 0.278 e. The third kappa shape index (κ3) is 6.29. The minimum absolute atomic E-state index is 0.0971. The van der Waals surface area contributed by atoms with Crippen molar-refractivity contribution in [1.82, 2.24) is 15.2 Å². The Morgan fingerprint density at radius 2 is 1.73 bits per heavy atom. The van der Waals surface area contributed by atoms with Crippen molar-refractivity contribution in [3.8, 4) is 11.3 Å². The molecule has 0 saturated heterocycles. The number of thioether (sulfide) groups is 1. The van der Waals surface area contributed by atoms with Crippen molar-refractivity contribution in [3.05, 3.63) is 64.4 Å². The van der Waals surface area contributed by atoms with E-state index in [2.05, 4.69) is 32.7 Å². The molecule has 172 valence electrons. The number of aryl methyl sites for hydroxylation is 1. The summed E-state index contributed by atoms with van der Waals surface area (Å²) in [5.74, 6) is -0.341. The van der Waals surface area contributed by atoms with Gasteiger partial charge in [-0.2, -0.15) is 0 Å². The minimum atomic E-state index is -0.456. The van der Waals surface area contributed by atoms with Crippen molar-refractivity contribution in [2.45, 2.75) is 50.4 Å². The van der Waals surface area contributed by atoms with E-state index in [0.717, 1.165) is 23.9 Å². The number of anilines is 2. The largest absolute Gasteiger partial charge is 0.325 e. The molecule has 0 spiro atoms. The fourth-order valence-electron chi connectivity index (χ4n) is 3.09. The Bertz CT molecular complexity index is 1180. The van der Waals surface area contributed by atoms with Crippen LogP contribution in [-0.2, 0) is 16.0 Å². The lowest BCUT2D eigenvalue weighted by Gasteiger charge is -2.14. The van der Waals surface area contributed by atoms with Gasteiger partial charge in [-0.15, -0.1) is 10.2 Å². The summed E-state index contributed by atoms with van der Waals surface area (Å²) in [5, 5.41) is 13.7. The minimum Gasteiger partial charge on any atom is -0.325 e. The molecule has 0 radical (unpaired) electrons. The van der Waals surface area contributed by atoms with Crippen LogP contribution in [0.2, 0.25) is 0 Å². The highest BCUT2D eigenvalue weighted by atomic mass is 32.2. The lowest BCUT2D eigenvalue weighted by atomic mass is 10.1. The number of amides is 2. The van der Waals surface area contributed by atoms with E-state index < -0.39 is 10.8 Å². The number of H-pyrrole nitrogens is 1. The SMILES string of the molecule is CCC(=O)Nc1ccccc1-c1nnc(SC(CC)C(=O)Nc2ccc(CC)cc2)[nH]c1=O. The van der Waals surface area contributed by atoms with E-state index in [9.17, 15) is 14.4 Å². The molecular weight excluding hydrogens is 438 g/mol. The number of hydrogen-bond donors (Lipinski definition) is 3. The van der Waals surface area contributed by atoms with Crippen LogP contribution in [0.5, 0.6) is 0 Å². The van der Waals surface area contributed by atoms with E-state index in [1.54, 1.807) is 31.2 Å². The highest BCUT2D eigenvalue weighted by Crippen LogP contribution is 2.26. The molecular formula is C24H27N5O3S. The van der Waals surface area contributed by atoms with E-state index in [1.807, 2.05) is 31.2 Å². The second-order valence-corrected chi connectivity index (χ2v) is 8.50. The van der Waals surface area contributed by atoms with E-state index in [4.69, 9.17) is 0 Å². The molecule has 0 aliphatic carbocycles. The normalized spacial score (nSPS) is 11.6. The number of para-hydroxylation sites is 1. The molecule has 3 rings (SSSR count). The number of nitrogens with one attached hydrogen (secondary N) is 3. The molecule has 1 atom stereocenters. The Kier molecular flexibility index (Phi) is 8.37. The molecule has 8 nitrogen and oxygen atoms in total. The van der Waals surface area contributed by atoms with Gasteiger partial charge in [0.2, 0.25) is 11.8 Å². The molecule has 33 heavy (non-hydrogen) atoms. The first kappa shape index (κ1) is 24.2. The molecule has 0 saturated carbocycles. The standard InChI is InChI=1S/C24H27N5O3S/c1-4-15-11-13-16(14-12-15)25-22(31)19(5-2)33-24-27-23(32)21(28-29-24)17-9-7-8-10-18(17)26-20(30)6-3/h7-14,19H,4-6H2,1-3H3,(H,25,31)(H,26,30)(H,27,29,32). The molecule has 0 fully saturated rings. The van der Waals surface area contributed by atoms with Gasteiger partial charge in [-0.1, -0.05) is 62.9 Å². The summed E-state index contributed by atoms with van der Waals surface area (Å²) in [4.78, 5) is 40.0. The van der Waals surface area contributed by atoms with Gasteiger partial charge < -0.3 is 10.6 Å². The number of nitrogens with zero attached hydrogens (tertiary/aromatic N) is 2. The van der Waals surface area contributed by atoms with Crippen molar-refractivity contribution >= 4 is 35.0 Å². The molecule has 1 heterocycles. The van der Waals surface area contributed by atoms with Gasteiger partial charge >= 0.3 is 0 Å². The quantitative estimate of drug-likeness (QED) is 0.407. The predicted octanol–water partition coefficient (Wildman–Crippen LogP) is 4.25. The number of aromatic amines is 1. The van der Waals surface area contributed by atoms with Crippen molar-refractivity contribution in [3.63, 3.8) is 0 Å². The Hall–Kier alpha value is -3.46. The van der Waals surface area contributed by atoms with Crippen LogP contribution in [-0.4, -0.2) is 32.2 Å². The van der Waals surface area contributed by atoms with Crippen LogP contribution in [0.15, 0.2) is 58.5 Å². The molecule has 2 aromatic carbocycles. The third-order valence-electron chi connectivity index (χ3n) is 5.00. The van der Waals surface area contributed by atoms with E-state index >= 15 is 0 Å². The molecule has 0 bridgehead atoms. The van der Waals surface area contributed by atoms with Crippen molar-refractivity contribution in [2.24, 2.45) is 0 Å². The summed E-state index contributed by atoms with van der Waals surface area (Å²) >= 11 is 1.15. The fourth-order valence-corrected chi connectivity index (χ4v) is 3.93.